The van der Waals surface area contributed by atoms with E-state index in [1.807, 2.05) is 0 Å². The number of hydrogen-bond donors (Lipinski definition) is 4. The average Bonchev–Trinajstić information content (AvgIpc) is 2.12. The summed E-state index contributed by atoms with van der Waals surface area (Å²) < 4.78 is 0. The number of nitrogens with zero attached hydrogens (tertiary/aromatic N) is 2. The molecule has 1 amide bonds. The lowest BCUT2D eigenvalue weighted by atomic mass is 10.1. The van der Waals surface area contributed by atoms with Gasteiger partial charge in [0, 0.05) is 0 Å². The van der Waals surface area contributed by atoms with Crippen molar-refractivity contribution in [3.8, 4) is 0 Å². The summed E-state index contributed by atoms with van der Waals surface area (Å²) in [6.45, 7) is 0. The number of carbonyl (C=O) groups excluding carboxylic acids is 1. The first-order chi connectivity index (χ1) is 6.84. The molecular weight excluding hydrogens is 240 g/mol. The van der Waals surface area contributed by atoms with Gasteiger partial charge < -0.3 is 22.9 Å². The van der Waals surface area contributed by atoms with Crippen molar-refractivity contribution < 1.29 is 9.83 Å². The molecule has 0 rings (SSSR count). The van der Waals surface area contributed by atoms with E-state index in [1.54, 1.807) is 0 Å². The van der Waals surface area contributed by atoms with Gasteiger partial charge in [-0.15, -0.1) is 12.4 Å². The standard InChI is InChI=1S/C6H14N6O3.ClH/c7-3(5(9)11-12(14)15)1-2-4(8)6(10)13;/h3-4H,1-2,7-8H2,(H2,9,11)(H2,10,13);1H/t3?,4-;/m0./s1. The lowest BCUT2D eigenvalue weighted by Crippen LogP contribution is -2.41. The summed E-state index contributed by atoms with van der Waals surface area (Å²) in [5.41, 5.74) is 20.9. The van der Waals surface area contributed by atoms with E-state index in [1.165, 1.54) is 0 Å². The maximum atomic E-state index is 10.5. The lowest BCUT2D eigenvalue weighted by molar-refractivity contribution is -0.485. The van der Waals surface area contributed by atoms with E-state index in [9.17, 15) is 14.9 Å². The molecule has 1 unspecified atom stereocenters. The number of primary amides is 1. The van der Waals surface area contributed by atoms with Gasteiger partial charge in [-0.1, -0.05) is 0 Å². The highest BCUT2D eigenvalue weighted by atomic mass is 35.5. The molecule has 0 heterocycles. The molecule has 0 saturated heterocycles. The second-order valence-electron chi connectivity index (χ2n) is 2.96. The Hall–Kier alpha value is -1.45. The van der Waals surface area contributed by atoms with Crippen molar-refractivity contribution >= 4 is 24.1 Å². The van der Waals surface area contributed by atoms with Gasteiger partial charge in [-0.3, -0.25) is 4.79 Å². The molecule has 0 aliphatic carbocycles. The maximum Gasteiger partial charge on any atom is 0.234 e. The molecule has 0 aliphatic rings. The molecule has 2 atom stereocenters. The first-order valence-corrected chi connectivity index (χ1v) is 4.13. The molecule has 0 aromatic rings. The van der Waals surface area contributed by atoms with Crippen LogP contribution in [0.15, 0.2) is 5.10 Å². The fourth-order valence-electron chi connectivity index (χ4n) is 0.818. The minimum absolute atomic E-state index is 0. The summed E-state index contributed by atoms with van der Waals surface area (Å²) in [6, 6.07) is -1.64. The van der Waals surface area contributed by atoms with Crippen LogP contribution >= 0.6 is 12.4 Å². The van der Waals surface area contributed by atoms with Crippen molar-refractivity contribution in [2.75, 3.05) is 0 Å². The summed E-state index contributed by atoms with van der Waals surface area (Å²) >= 11 is 0. The molecule has 0 aromatic heterocycles. The number of hydrazone groups is 1. The van der Waals surface area contributed by atoms with Gasteiger partial charge in [-0.2, -0.15) is 0 Å². The zero-order valence-electron chi connectivity index (χ0n) is 8.41. The van der Waals surface area contributed by atoms with Crippen LogP contribution in [0.2, 0.25) is 0 Å². The van der Waals surface area contributed by atoms with Crippen molar-refractivity contribution in [3.05, 3.63) is 10.1 Å². The van der Waals surface area contributed by atoms with Gasteiger partial charge in [0.25, 0.3) is 0 Å². The van der Waals surface area contributed by atoms with Gasteiger partial charge in [0.1, 0.15) is 0 Å². The maximum absolute atomic E-state index is 10.5. The highest BCUT2D eigenvalue weighted by Gasteiger charge is 2.15. The van der Waals surface area contributed by atoms with Crippen molar-refractivity contribution in [2.45, 2.75) is 24.9 Å². The van der Waals surface area contributed by atoms with E-state index in [4.69, 9.17) is 22.9 Å². The van der Waals surface area contributed by atoms with Gasteiger partial charge in [0.05, 0.1) is 17.2 Å². The molecule has 16 heavy (non-hydrogen) atoms. The molecule has 0 fully saturated rings. The third kappa shape index (κ3) is 6.92. The minimum Gasteiger partial charge on any atom is -0.381 e. The van der Waals surface area contributed by atoms with Crippen molar-refractivity contribution in [3.63, 3.8) is 0 Å². The van der Waals surface area contributed by atoms with Crippen LogP contribution in [0.25, 0.3) is 0 Å². The third-order valence-corrected chi connectivity index (χ3v) is 1.73. The number of halogens is 1. The second kappa shape index (κ2) is 7.79. The summed E-state index contributed by atoms with van der Waals surface area (Å²) in [5, 5.41) is 11.8. The molecule has 0 aliphatic heterocycles. The fourth-order valence-corrected chi connectivity index (χ4v) is 0.818. The summed E-state index contributed by atoms with van der Waals surface area (Å²) in [5.74, 6) is -0.969. The predicted octanol–water partition coefficient (Wildman–Crippen LogP) is -2.12. The number of rotatable bonds is 6. The van der Waals surface area contributed by atoms with Crippen molar-refractivity contribution in [1.29, 1.82) is 0 Å². The fraction of sp³-hybridized carbons (Fsp3) is 0.667. The third-order valence-electron chi connectivity index (χ3n) is 1.73. The molecule has 9 nitrogen and oxygen atoms in total. The number of amides is 1. The SMILES string of the molecule is Cl.NC(=O)[C@@H](N)CCC(N)C(N)=N[N+](=O)[O-]. The average molecular weight is 255 g/mol. The van der Waals surface area contributed by atoms with Crippen LogP contribution in [-0.2, 0) is 4.79 Å². The van der Waals surface area contributed by atoms with Crippen molar-refractivity contribution in [2.24, 2.45) is 28.0 Å². The predicted molar refractivity (Wildman–Crippen MR) is 60.2 cm³/mol. The normalized spacial score (nSPS) is 14.8. The quantitative estimate of drug-likeness (QED) is 0.182. The van der Waals surface area contributed by atoms with Crippen LogP contribution in [0.5, 0.6) is 0 Å². The molecular formula is C6H15ClN6O3. The van der Waals surface area contributed by atoms with Gasteiger partial charge in [0.15, 0.2) is 10.9 Å². The van der Waals surface area contributed by atoms with Crippen LogP contribution in [0.1, 0.15) is 12.8 Å². The summed E-state index contributed by atoms with van der Waals surface area (Å²) in [6.07, 6.45) is 0.401. The number of amidine groups is 1. The molecule has 94 valence electrons. The first kappa shape index (κ1) is 17.0. The number of nitrogens with two attached hydrogens (primary N) is 4. The highest BCUT2D eigenvalue weighted by Crippen LogP contribution is 1.98. The van der Waals surface area contributed by atoms with E-state index in [0.29, 0.717) is 0 Å². The van der Waals surface area contributed by atoms with Gasteiger partial charge in [-0.25, -0.2) is 10.1 Å². The van der Waals surface area contributed by atoms with E-state index < -0.39 is 23.0 Å². The Morgan fingerprint density at radius 3 is 2.06 bits per heavy atom. The number of nitro groups is 1. The minimum atomic E-state index is -0.941. The molecule has 8 N–H and O–H groups in total. The van der Waals surface area contributed by atoms with Crippen LogP contribution < -0.4 is 22.9 Å². The molecule has 0 radical (unpaired) electrons. The molecule has 0 saturated carbocycles. The van der Waals surface area contributed by atoms with E-state index in [-0.39, 0.29) is 31.1 Å². The van der Waals surface area contributed by atoms with Crippen molar-refractivity contribution in [1.82, 2.24) is 0 Å². The Morgan fingerprint density at radius 1 is 1.25 bits per heavy atom. The Kier molecular flexibility index (Phi) is 8.26. The number of hydrogen-bond acceptors (Lipinski definition) is 5. The first-order valence-electron chi connectivity index (χ1n) is 4.13. The largest absolute Gasteiger partial charge is 0.381 e. The second-order valence-corrected chi connectivity index (χ2v) is 2.96. The summed E-state index contributed by atoms with van der Waals surface area (Å²) in [4.78, 5) is 20.5. The molecule has 0 aromatic carbocycles. The van der Waals surface area contributed by atoms with E-state index in [2.05, 4.69) is 5.10 Å². The Morgan fingerprint density at radius 2 is 1.69 bits per heavy atom. The monoisotopic (exact) mass is 254 g/mol. The lowest BCUT2D eigenvalue weighted by Gasteiger charge is -2.11. The van der Waals surface area contributed by atoms with Gasteiger partial charge >= 0.3 is 0 Å². The highest BCUT2D eigenvalue weighted by molar-refractivity contribution is 5.85. The van der Waals surface area contributed by atoms with E-state index in [0.717, 1.165) is 0 Å². The molecule has 0 spiro atoms. The topological polar surface area (TPSA) is 177 Å². The Labute approximate surface area is 97.8 Å². The smallest absolute Gasteiger partial charge is 0.234 e. The van der Waals surface area contributed by atoms with Gasteiger partial charge in [0.2, 0.25) is 5.91 Å². The van der Waals surface area contributed by atoms with Gasteiger partial charge in [-0.05, 0) is 12.8 Å². The zero-order valence-corrected chi connectivity index (χ0v) is 9.22. The molecule has 10 heteroatoms. The Balaban J connectivity index is 0. The van der Waals surface area contributed by atoms with Crippen LogP contribution in [-0.4, -0.2) is 28.9 Å². The summed E-state index contributed by atoms with van der Waals surface area (Å²) in [7, 11) is 0. The molecule has 0 bridgehead atoms. The van der Waals surface area contributed by atoms with Crippen LogP contribution in [0.4, 0.5) is 0 Å². The van der Waals surface area contributed by atoms with E-state index >= 15 is 0 Å². The Bertz CT molecular complexity index is 283. The van der Waals surface area contributed by atoms with Crippen LogP contribution in [0, 0.1) is 10.1 Å². The van der Waals surface area contributed by atoms with Crippen LogP contribution in [0.3, 0.4) is 0 Å². The zero-order chi connectivity index (χ0) is 12.0. The number of carbonyl (C=O) groups is 1.